The van der Waals surface area contributed by atoms with Crippen molar-refractivity contribution in [2.45, 2.75) is 26.9 Å². The maximum atomic E-state index is 5.33. The predicted molar refractivity (Wildman–Crippen MR) is 80.7 cm³/mol. The number of para-hydroxylation sites is 2. The fourth-order valence-corrected chi connectivity index (χ4v) is 2.43. The largest absolute Gasteiger partial charge is 0.495 e. The van der Waals surface area contributed by atoms with Crippen molar-refractivity contribution in [2.75, 3.05) is 12.4 Å². The molecule has 1 aromatic carbocycles. The van der Waals surface area contributed by atoms with E-state index in [1.54, 1.807) is 7.11 Å². The summed E-state index contributed by atoms with van der Waals surface area (Å²) in [6.45, 7) is 5.65. The molecular weight excluding hydrogens is 306 g/mol. The second kappa shape index (κ2) is 6.10. The Morgan fingerprint density at radius 2 is 2.11 bits per heavy atom. The monoisotopic (exact) mass is 323 g/mol. The third-order valence-corrected chi connectivity index (χ3v) is 4.04. The van der Waals surface area contributed by atoms with Crippen LogP contribution < -0.4 is 10.1 Å². The summed E-state index contributed by atoms with van der Waals surface area (Å²) in [5, 5.41) is 7.88. The van der Waals surface area contributed by atoms with Gasteiger partial charge in [0.05, 0.1) is 35.2 Å². The van der Waals surface area contributed by atoms with Crippen LogP contribution in [0.5, 0.6) is 5.75 Å². The molecule has 0 spiro atoms. The Bertz CT molecular complexity index is 566. The van der Waals surface area contributed by atoms with Gasteiger partial charge in [0.2, 0.25) is 0 Å². The molecule has 0 aliphatic heterocycles. The maximum Gasteiger partial charge on any atom is 0.141 e. The van der Waals surface area contributed by atoms with Gasteiger partial charge in [0.25, 0.3) is 0 Å². The number of nitrogens with zero attached hydrogens (tertiary/aromatic N) is 2. The summed E-state index contributed by atoms with van der Waals surface area (Å²) < 4.78 is 8.40. The maximum absolute atomic E-state index is 5.33. The van der Waals surface area contributed by atoms with Gasteiger partial charge in [-0.1, -0.05) is 12.1 Å². The standard InChI is InChI=1S/C14H18BrN3O/c1-4-18-12(14(15)10(2)17-18)9-16-11-7-5-6-8-13(11)19-3/h5-8,16H,4,9H2,1-3H3. The second-order valence-corrected chi connectivity index (χ2v) is 5.01. The van der Waals surface area contributed by atoms with Gasteiger partial charge in [-0.15, -0.1) is 0 Å². The van der Waals surface area contributed by atoms with Gasteiger partial charge in [-0.25, -0.2) is 0 Å². The molecule has 0 fully saturated rings. The van der Waals surface area contributed by atoms with E-state index in [1.165, 1.54) is 0 Å². The zero-order chi connectivity index (χ0) is 13.8. The van der Waals surface area contributed by atoms with Crippen LogP contribution >= 0.6 is 15.9 Å². The minimum atomic E-state index is 0.704. The van der Waals surface area contributed by atoms with E-state index in [9.17, 15) is 0 Å². The van der Waals surface area contributed by atoms with Crippen LogP contribution in [0.1, 0.15) is 18.3 Å². The molecule has 1 N–H and O–H groups in total. The van der Waals surface area contributed by atoms with Gasteiger partial charge in [-0.3, -0.25) is 4.68 Å². The molecule has 2 aromatic rings. The van der Waals surface area contributed by atoms with Gasteiger partial charge < -0.3 is 10.1 Å². The minimum Gasteiger partial charge on any atom is -0.495 e. The highest BCUT2D eigenvalue weighted by Crippen LogP contribution is 2.26. The Balaban J connectivity index is 2.19. The lowest BCUT2D eigenvalue weighted by Gasteiger charge is -2.12. The lowest BCUT2D eigenvalue weighted by Crippen LogP contribution is -2.09. The lowest BCUT2D eigenvalue weighted by molar-refractivity contribution is 0.416. The van der Waals surface area contributed by atoms with Crippen molar-refractivity contribution >= 4 is 21.6 Å². The number of methoxy groups -OCH3 is 1. The number of rotatable bonds is 5. The van der Waals surface area contributed by atoms with Crippen LogP contribution in [0.15, 0.2) is 28.7 Å². The zero-order valence-electron chi connectivity index (χ0n) is 11.4. The molecule has 1 aromatic heterocycles. The molecule has 19 heavy (non-hydrogen) atoms. The van der Waals surface area contributed by atoms with Gasteiger partial charge in [0.15, 0.2) is 0 Å². The van der Waals surface area contributed by atoms with E-state index in [4.69, 9.17) is 4.74 Å². The first-order chi connectivity index (χ1) is 9.17. The summed E-state index contributed by atoms with van der Waals surface area (Å²) in [6, 6.07) is 7.90. The smallest absolute Gasteiger partial charge is 0.141 e. The highest BCUT2D eigenvalue weighted by molar-refractivity contribution is 9.10. The van der Waals surface area contributed by atoms with E-state index in [0.717, 1.165) is 33.8 Å². The van der Waals surface area contributed by atoms with Gasteiger partial charge in [-0.05, 0) is 41.9 Å². The SMILES string of the molecule is CCn1nc(C)c(Br)c1CNc1ccccc1OC. The molecular formula is C14H18BrN3O. The van der Waals surface area contributed by atoms with Crippen LogP contribution in [0.3, 0.4) is 0 Å². The van der Waals surface area contributed by atoms with Crippen molar-refractivity contribution in [3.8, 4) is 5.75 Å². The quantitative estimate of drug-likeness (QED) is 0.913. The first-order valence-electron chi connectivity index (χ1n) is 6.26. The van der Waals surface area contributed by atoms with Crippen molar-refractivity contribution in [2.24, 2.45) is 0 Å². The van der Waals surface area contributed by atoms with Gasteiger partial charge >= 0.3 is 0 Å². The van der Waals surface area contributed by atoms with Crippen LogP contribution in [-0.2, 0) is 13.1 Å². The molecule has 4 nitrogen and oxygen atoms in total. The molecule has 2 rings (SSSR count). The van der Waals surface area contributed by atoms with E-state index in [2.05, 4.69) is 33.3 Å². The van der Waals surface area contributed by atoms with Gasteiger partial charge in [0.1, 0.15) is 5.75 Å². The number of aromatic nitrogens is 2. The average molecular weight is 324 g/mol. The molecule has 0 saturated carbocycles. The van der Waals surface area contributed by atoms with Gasteiger partial charge in [0, 0.05) is 6.54 Å². The summed E-state index contributed by atoms with van der Waals surface area (Å²) in [7, 11) is 1.68. The molecule has 102 valence electrons. The lowest BCUT2D eigenvalue weighted by atomic mass is 10.3. The van der Waals surface area contributed by atoms with Crippen LogP contribution in [-0.4, -0.2) is 16.9 Å². The van der Waals surface area contributed by atoms with Crippen molar-refractivity contribution < 1.29 is 4.74 Å². The molecule has 0 aliphatic carbocycles. The van der Waals surface area contributed by atoms with Crippen LogP contribution in [0.25, 0.3) is 0 Å². The normalized spacial score (nSPS) is 10.5. The molecule has 0 bridgehead atoms. The zero-order valence-corrected chi connectivity index (χ0v) is 13.0. The van der Waals surface area contributed by atoms with E-state index < -0.39 is 0 Å². The Morgan fingerprint density at radius 3 is 2.79 bits per heavy atom. The molecule has 0 atom stereocenters. The number of hydrogen-bond donors (Lipinski definition) is 1. The molecule has 5 heteroatoms. The first-order valence-corrected chi connectivity index (χ1v) is 7.05. The number of ether oxygens (including phenoxy) is 1. The third kappa shape index (κ3) is 2.92. The summed E-state index contributed by atoms with van der Waals surface area (Å²) in [6.07, 6.45) is 0. The molecule has 0 amide bonds. The second-order valence-electron chi connectivity index (χ2n) is 4.22. The summed E-state index contributed by atoms with van der Waals surface area (Å²) in [4.78, 5) is 0. The van der Waals surface area contributed by atoms with Crippen molar-refractivity contribution in [1.29, 1.82) is 0 Å². The summed E-state index contributed by atoms with van der Waals surface area (Å²) >= 11 is 3.60. The number of nitrogens with one attached hydrogen (secondary N) is 1. The summed E-state index contributed by atoms with van der Waals surface area (Å²) in [5.74, 6) is 0.845. The number of aryl methyl sites for hydroxylation is 2. The van der Waals surface area contributed by atoms with E-state index in [0.29, 0.717) is 6.54 Å². The van der Waals surface area contributed by atoms with Crippen LogP contribution in [0.2, 0.25) is 0 Å². The first kappa shape index (κ1) is 13.9. The Kier molecular flexibility index (Phi) is 4.47. The molecule has 0 aliphatic rings. The highest BCUT2D eigenvalue weighted by Gasteiger charge is 2.12. The minimum absolute atomic E-state index is 0.704. The van der Waals surface area contributed by atoms with Gasteiger partial charge in [-0.2, -0.15) is 5.10 Å². The highest BCUT2D eigenvalue weighted by atomic mass is 79.9. The average Bonchev–Trinajstić information content (AvgIpc) is 2.72. The topological polar surface area (TPSA) is 39.1 Å². The van der Waals surface area contributed by atoms with Crippen LogP contribution in [0, 0.1) is 6.92 Å². The van der Waals surface area contributed by atoms with E-state index >= 15 is 0 Å². The van der Waals surface area contributed by atoms with Crippen molar-refractivity contribution in [3.63, 3.8) is 0 Å². The van der Waals surface area contributed by atoms with E-state index in [-0.39, 0.29) is 0 Å². The predicted octanol–water partition coefficient (Wildman–Crippen LogP) is 3.59. The number of anilines is 1. The Hall–Kier alpha value is -1.49. The van der Waals surface area contributed by atoms with Crippen molar-refractivity contribution in [1.82, 2.24) is 9.78 Å². The molecule has 0 unspecified atom stereocenters. The van der Waals surface area contributed by atoms with Crippen molar-refractivity contribution in [3.05, 3.63) is 40.1 Å². The Morgan fingerprint density at radius 1 is 1.37 bits per heavy atom. The fourth-order valence-electron chi connectivity index (χ4n) is 2.01. The van der Waals surface area contributed by atoms with E-state index in [1.807, 2.05) is 35.9 Å². The summed E-state index contributed by atoms with van der Waals surface area (Å²) in [5.41, 5.74) is 3.14. The molecule has 1 heterocycles. The Labute approximate surface area is 121 Å². The molecule has 0 radical (unpaired) electrons. The van der Waals surface area contributed by atoms with Crippen LogP contribution in [0.4, 0.5) is 5.69 Å². The third-order valence-electron chi connectivity index (χ3n) is 3.01. The number of halogens is 1. The number of benzene rings is 1. The molecule has 0 saturated heterocycles. The number of hydrogen-bond acceptors (Lipinski definition) is 3. The fraction of sp³-hybridized carbons (Fsp3) is 0.357.